The molecule has 0 spiro atoms. The highest BCUT2D eigenvalue weighted by Crippen LogP contribution is 2.30. The van der Waals surface area contributed by atoms with Crippen molar-refractivity contribution in [3.8, 4) is 6.07 Å². The maximum Gasteiger partial charge on any atom is 0.323 e. The molecule has 0 aromatic carbocycles. The summed E-state index contributed by atoms with van der Waals surface area (Å²) in [6.07, 6.45) is 5.36. The van der Waals surface area contributed by atoms with E-state index in [1.807, 2.05) is 13.8 Å². The summed E-state index contributed by atoms with van der Waals surface area (Å²) in [6.45, 7) is 3.63. The summed E-state index contributed by atoms with van der Waals surface area (Å²) in [5.41, 5.74) is 0. The van der Waals surface area contributed by atoms with Crippen LogP contribution in [0, 0.1) is 23.2 Å². The summed E-state index contributed by atoms with van der Waals surface area (Å²) in [4.78, 5) is 11.6. The molecular formula is C12H19NO2. The van der Waals surface area contributed by atoms with E-state index in [1.54, 1.807) is 0 Å². The molecule has 1 aliphatic carbocycles. The lowest BCUT2D eigenvalue weighted by Gasteiger charge is -2.25. The summed E-state index contributed by atoms with van der Waals surface area (Å²) < 4.78 is 5.10. The van der Waals surface area contributed by atoms with Crippen LogP contribution >= 0.6 is 0 Å². The van der Waals surface area contributed by atoms with Crippen LogP contribution in [0.15, 0.2) is 0 Å². The van der Waals surface area contributed by atoms with Crippen molar-refractivity contribution < 1.29 is 9.53 Å². The Labute approximate surface area is 91.4 Å². The van der Waals surface area contributed by atoms with Gasteiger partial charge in [0.05, 0.1) is 12.2 Å². The Morgan fingerprint density at radius 1 is 1.33 bits per heavy atom. The quantitative estimate of drug-likeness (QED) is 0.671. The normalized spacial score (nSPS) is 19.6. The van der Waals surface area contributed by atoms with Gasteiger partial charge in [0.1, 0.15) is 5.92 Å². The molecular weight excluding hydrogens is 190 g/mol. The largest absolute Gasteiger partial charge is 0.462 e. The first-order valence-electron chi connectivity index (χ1n) is 5.75. The minimum absolute atomic E-state index is 0.128. The summed E-state index contributed by atoms with van der Waals surface area (Å²) in [5, 5.41) is 9.01. The van der Waals surface area contributed by atoms with Crippen molar-refractivity contribution >= 4 is 5.97 Å². The number of rotatable bonds is 3. The molecule has 1 aliphatic rings. The van der Waals surface area contributed by atoms with Crippen molar-refractivity contribution in [2.45, 2.75) is 52.1 Å². The Morgan fingerprint density at radius 2 is 1.93 bits per heavy atom. The second-order valence-corrected chi connectivity index (χ2v) is 4.49. The minimum Gasteiger partial charge on any atom is -0.462 e. The molecule has 0 saturated heterocycles. The van der Waals surface area contributed by atoms with E-state index in [0.29, 0.717) is 0 Å². The van der Waals surface area contributed by atoms with E-state index >= 15 is 0 Å². The molecule has 0 radical (unpaired) electrons. The molecule has 0 heterocycles. The molecule has 0 aromatic rings. The topological polar surface area (TPSA) is 50.1 Å². The van der Waals surface area contributed by atoms with Crippen molar-refractivity contribution in [1.82, 2.24) is 0 Å². The van der Waals surface area contributed by atoms with E-state index < -0.39 is 5.92 Å². The van der Waals surface area contributed by atoms with E-state index in [0.717, 1.165) is 25.7 Å². The molecule has 1 fully saturated rings. The first-order valence-corrected chi connectivity index (χ1v) is 5.75. The number of nitrogens with zero attached hydrogens (tertiary/aromatic N) is 1. The van der Waals surface area contributed by atoms with Crippen LogP contribution < -0.4 is 0 Å². The molecule has 1 saturated carbocycles. The third-order valence-electron chi connectivity index (χ3n) is 2.87. The smallest absolute Gasteiger partial charge is 0.323 e. The second kappa shape index (κ2) is 5.75. The van der Waals surface area contributed by atoms with Gasteiger partial charge >= 0.3 is 5.97 Å². The standard InChI is InChI=1S/C12H19NO2/c1-9(2)15-12(14)11(8-13)10-6-4-3-5-7-10/h9-11H,3-7H2,1-2H3. The zero-order valence-electron chi connectivity index (χ0n) is 9.53. The van der Waals surface area contributed by atoms with E-state index in [9.17, 15) is 4.79 Å². The molecule has 3 heteroatoms. The Balaban J connectivity index is 2.54. The van der Waals surface area contributed by atoms with Crippen molar-refractivity contribution in [1.29, 1.82) is 5.26 Å². The number of carbonyl (C=O) groups excluding carboxylic acids is 1. The van der Waals surface area contributed by atoms with Crippen LogP contribution in [0.25, 0.3) is 0 Å². The number of esters is 1. The number of nitriles is 1. The predicted molar refractivity (Wildman–Crippen MR) is 56.9 cm³/mol. The van der Waals surface area contributed by atoms with Crippen molar-refractivity contribution in [3.05, 3.63) is 0 Å². The summed E-state index contributed by atoms with van der Waals surface area (Å²) >= 11 is 0. The second-order valence-electron chi connectivity index (χ2n) is 4.49. The monoisotopic (exact) mass is 209 g/mol. The van der Waals surface area contributed by atoms with Gasteiger partial charge in [0.2, 0.25) is 0 Å². The molecule has 0 N–H and O–H groups in total. The van der Waals surface area contributed by atoms with Crippen LogP contribution in [-0.4, -0.2) is 12.1 Å². The summed E-state index contributed by atoms with van der Waals surface area (Å²) in [6, 6.07) is 2.10. The average Bonchev–Trinajstić information content (AvgIpc) is 2.19. The molecule has 1 atom stereocenters. The van der Waals surface area contributed by atoms with Gasteiger partial charge in [-0.15, -0.1) is 0 Å². The van der Waals surface area contributed by atoms with Gasteiger partial charge in [-0.3, -0.25) is 4.79 Å². The highest BCUT2D eigenvalue weighted by molar-refractivity contribution is 5.75. The number of ether oxygens (including phenoxy) is 1. The molecule has 84 valence electrons. The van der Waals surface area contributed by atoms with E-state index in [4.69, 9.17) is 10.00 Å². The number of hydrogen-bond donors (Lipinski definition) is 0. The Kier molecular flexibility index (Phi) is 4.61. The lowest BCUT2D eigenvalue weighted by Crippen LogP contribution is -2.28. The molecule has 1 rings (SSSR count). The van der Waals surface area contributed by atoms with Crippen LogP contribution in [0.3, 0.4) is 0 Å². The molecule has 0 aliphatic heterocycles. The Morgan fingerprint density at radius 3 is 2.40 bits per heavy atom. The van der Waals surface area contributed by atoms with Crippen molar-refractivity contribution in [3.63, 3.8) is 0 Å². The van der Waals surface area contributed by atoms with Crippen molar-refractivity contribution in [2.75, 3.05) is 0 Å². The summed E-state index contributed by atoms with van der Waals surface area (Å²) in [5.74, 6) is -0.665. The summed E-state index contributed by atoms with van der Waals surface area (Å²) in [7, 11) is 0. The van der Waals surface area contributed by atoms with Gasteiger partial charge in [-0.1, -0.05) is 19.3 Å². The van der Waals surface area contributed by atoms with Crippen molar-refractivity contribution in [2.24, 2.45) is 11.8 Å². The fourth-order valence-corrected chi connectivity index (χ4v) is 2.12. The Hall–Kier alpha value is -1.04. The van der Waals surface area contributed by atoms with Gasteiger partial charge in [-0.05, 0) is 32.6 Å². The zero-order chi connectivity index (χ0) is 11.3. The van der Waals surface area contributed by atoms with E-state index in [2.05, 4.69) is 6.07 Å². The fourth-order valence-electron chi connectivity index (χ4n) is 2.12. The van der Waals surface area contributed by atoms with Gasteiger partial charge in [0, 0.05) is 0 Å². The minimum atomic E-state index is -0.548. The molecule has 3 nitrogen and oxygen atoms in total. The van der Waals surface area contributed by atoms with Gasteiger partial charge in [0.15, 0.2) is 0 Å². The van der Waals surface area contributed by atoms with E-state index in [-0.39, 0.29) is 18.0 Å². The average molecular weight is 209 g/mol. The van der Waals surface area contributed by atoms with E-state index in [1.165, 1.54) is 6.42 Å². The molecule has 15 heavy (non-hydrogen) atoms. The maximum absolute atomic E-state index is 11.6. The SMILES string of the molecule is CC(C)OC(=O)C(C#N)C1CCCCC1. The third kappa shape index (κ3) is 3.54. The van der Waals surface area contributed by atoms with Gasteiger partial charge in [0.25, 0.3) is 0 Å². The van der Waals surface area contributed by atoms with Crippen LogP contribution in [0.1, 0.15) is 46.0 Å². The highest BCUT2D eigenvalue weighted by atomic mass is 16.5. The van der Waals surface area contributed by atoms with Crippen LogP contribution in [0.4, 0.5) is 0 Å². The molecule has 1 unspecified atom stereocenters. The number of hydrogen-bond acceptors (Lipinski definition) is 3. The van der Waals surface area contributed by atoms with Gasteiger partial charge in [-0.25, -0.2) is 0 Å². The molecule has 0 aromatic heterocycles. The van der Waals surface area contributed by atoms with Gasteiger partial charge in [-0.2, -0.15) is 5.26 Å². The van der Waals surface area contributed by atoms with Gasteiger partial charge < -0.3 is 4.74 Å². The number of carbonyl (C=O) groups is 1. The lowest BCUT2D eigenvalue weighted by atomic mass is 9.80. The first-order chi connectivity index (χ1) is 7.15. The lowest BCUT2D eigenvalue weighted by molar-refractivity contribution is -0.152. The van der Waals surface area contributed by atoms with Crippen LogP contribution in [-0.2, 0) is 9.53 Å². The highest BCUT2D eigenvalue weighted by Gasteiger charge is 2.31. The molecule has 0 bridgehead atoms. The Bertz CT molecular complexity index is 249. The molecule has 0 amide bonds. The first kappa shape index (κ1) is 12.0. The van der Waals surface area contributed by atoms with Crippen LogP contribution in [0.2, 0.25) is 0 Å². The van der Waals surface area contributed by atoms with Crippen LogP contribution in [0.5, 0.6) is 0 Å². The zero-order valence-corrected chi connectivity index (χ0v) is 9.53. The fraction of sp³-hybridized carbons (Fsp3) is 0.833. The maximum atomic E-state index is 11.6. The predicted octanol–water partition coefficient (Wildman–Crippen LogP) is 2.66. The third-order valence-corrected chi connectivity index (χ3v) is 2.87.